The van der Waals surface area contributed by atoms with E-state index in [0.29, 0.717) is 0 Å². The molecule has 0 spiro atoms. The minimum absolute atomic E-state index is 0.199. The quantitative estimate of drug-likeness (QED) is 0.336. The van der Waals surface area contributed by atoms with Gasteiger partial charge in [-0.25, -0.2) is 0 Å². The lowest BCUT2D eigenvalue weighted by Crippen LogP contribution is -1.89. The maximum atomic E-state index is 9.16. The van der Waals surface area contributed by atoms with Gasteiger partial charge in [0.25, 0.3) is 6.47 Å². The van der Waals surface area contributed by atoms with Gasteiger partial charge in [-0.15, -0.1) is 0 Å². The van der Waals surface area contributed by atoms with Crippen molar-refractivity contribution in [1.82, 2.24) is 0 Å². The molecule has 0 N–H and O–H groups in total. The van der Waals surface area contributed by atoms with Crippen LogP contribution < -0.4 is 0 Å². The maximum Gasteiger partial charge on any atom is 0.293 e. The van der Waals surface area contributed by atoms with Crippen molar-refractivity contribution in [3.63, 3.8) is 0 Å². The highest BCUT2D eigenvalue weighted by Gasteiger charge is 1.72. The van der Waals surface area contributed by atoms with Crippen LogP contribution in [0.25, 0.3) is 0 Å². The largest absolute Gasteiger partial charge is 0.459 e. The Morgan fingerprint density at radius 3 is 2.67 bits per heavy atom. The van der Waals surface area contributed by atoms with E-state index in [1.54, 1.807) is 0 Å². The lowest BCUT2D eigenvalue weighted by Gasteiger charge is -1.78. The summed E-state index contributed by atoms with van der Waals surface area (Å²) in [5.41, 5.74) is 0. The molecule has 0 fully saturated rings. The van der Waals surface area contributed by atoms with Gasteiger partial charge in [0.05, 0.1) is 0 Å². The summed E-state index contributed by atoms with van der Waals surface area (Å²) in [5.74, 6) is 0. The molecule has 33 valence electrons. The summed E-state index contributed by atoms with van der Waals surface area (Å²) < 4.78 is 3.88. The topological polar surface area (TPSA) is 43.4 Å². The molecule has 3 heteroatoms. The summed E-state index contributed by atoms with van der Waals surface area (Å²) in [4.78, 5) is 18.3. The molecule has 3 nitrogen and oxygen atoms in total. The van der Waals surface area contributed by atoms with Gasteiger partial charge in [0, 0.05) is 0 Å². The molecule has 0 heterocycles. The van der Waals surface area contributed by atoms with Crippen LogP contribution >= 0.6 is 0 Å². The Morgan fingerprint density at radius 1 is 1.83 bits per heavy atom. The first-order chi connectivity index (χ1) is 2.91. The Morgan fingerprint density at radius 2 is 2.50 bits per heavy atom. The van der Waals surface area contributed by atoms with E-state index in [0.717, 1.165) is 0 Å². The van der Waals surface area contributed by atoms with Crippen LogP contribution in [0.2, 0.25) is 0 Å². The number of carbonyl (C=O) groups is 1. The van der Waals surface area contributed by atoms with E-state index in [4.69, 9.17) is 9.59 Å². The van der Waals surface area contributed by atoms with Crippen molar-refractivity contribution in [1.29, 1.82) is 0 Å². The molecular weight excluding hydrogens is 84.0 g/mol. The molecule has 0 aromatic heterocycles. The third-order valence-corrected chi connectivity index (χ3v) is 0.210. The summed E-state index contributed by atoms with van der Waals surface area (Å²) in [5, 5.41) is 0. The highest BCUT2D eigenvalue weighted by atomic mass is 16.5. The molecule has 0 aromatic rings. The van der Waals surface area contributed by atoms with Crippen LogP contribution in [0, 0.1) is 0 Å². The fraction of sp³-hybridized carbons (Fsp3) is 0.333. The fourth-order valence-corrected chi connectivity index (χ4v) is 0.0680. The molecular formula is C3H3O3. The Hall–Kier alpha value is -0.860. The number of ether oxygens (including phenoxy) is 1. The van der Waals surface area contributed by atoms with Gasteiger partial charge in [-0.05, 0) is 0 Å². The van der Waals surface area contributed by atoms with Crippen LogP contribution in [0.3, 0.4) is 0 Å². The van der Waals surface area contributed by atoms with Crippen LogP contribution in [-0.4, -0.2) is 19.4 Å². The minimum Gasteiger partial charge on any atom is -0.459 e. The van der Waals surface area contributed by atoms with Gasteiger partial charge in [-0.3, -0.25) is 9.59 Å². The second-order valence-corrected chi connectivity index (χ2v) is 0.552. The molecule has 0 atom stereocenters. The van der Waals surface area contributed by atoms with E-state index in [-0.39, 0.29) is 13.1 Å². The Labute approximate surface area is 34.9 Å². The van der Waals surface area contributed by atoms with Crippen LogP contribution in [0.1, 0.15) is 0 Å². The van der Waals surface area contributed by atoms with Gasteiger partial charge in [0.1, 0.15) is 0 Å². The molecule has 0 amide bonds. The number of carbonyl (C=O) groups excluding carboxylic acids is 2. The molecule has 0 unspecified atom stereocenters. The summed E-state index contributed by atoms with van der Waals surface area (Å²) in [6.45, 7) is -0.0611. The first-order valence-corrected chi connectivity index (χ1v) is 1.32. The molecule has 1 radical (unpaired) electrons. The van der Waals surface area contributed by atoms with Crippen molar-refractivity contribution in [2.75, 3.05) is 6.61 Å². The van der Waals surface area contributed by atoms with Gasteiger partial charge >= 0.3 is 0 Å². The van der Waals surface area contributed by atoms with Crippen molar-refractivity contribution in [3.8, 4) is 0 Å². The molecule has 0 saturated heterocycles. The molecule has 0 bridgehead atoms. The smallest absolute Gasteiger partial charge is 0.293 e. The van der Waals surface area contributed by atoms with E-state index in [2.05, 4.69) is 4.74 Å². The second kappa shape index (κ2) is 4.14. The lowest BCUT2D eigenvalue weighted by molar-refractivity contribution is -0.127. The monoisotopic (exact) mass is 87.0 g/mol. The Bertz CT molecular complexity index is 42.0. The fourth-order valence-electron chi connectivity index (χ4n) is 0.0680. The van der Waals surface area contributed by atoms with Crippen molar-refractivity contribution < 1.29 is 14.3 Å². The molecule has 0 aliphatic carbocycles. The predicted octanol–water partition coefficient (Wildman–Crippen LogP) is -0.731. The zero-order valence-corrected chi connectivity index (χ0v) is 3.01. The number of hydrogen-bond acceptors (Lipinski definition) is 3. The zero-order chi connectivity index (χ0) is 4.83. The average molecular weight is 87.1 g/mol. The maximum absolute atomic E-state index is 9.16. The standard InChI is InChI=1S/C3H3O3/c4-1-2-6-3-5/h3H,2H2. The highest BCUT2D eigenvalue weighted by molar-refractivity contribution is 5.54. The van der Waals surface area contributed by atoms with E-state index >= 15 is 0 Å². The predicted molar refractivity (Wildman–Crippen MR) is 17.7 cm³/mol. The molecule has 6 heavy (non-hydrogen) atoms. The zero-order valence-electron chi connectivity index (χ0n) is 3.01. The van der Waals surface area contributed by atoms with Crippen LogP contribution in [0.15, 0.2) is 0 Å². The number of hydrogen-bond donors (Lipinski definition) is 0. The van der Waals surface area contributed by atoms with Crippen molar-refractivity contribution in [3.05, 3.63) is 0 Å². The highest BCUT2D eigenvalue weighted by Crippen LogP contribution is 1.53. The summed E-state index contributed by atoms with van der Waals surface area (Å²) in [7, 11) is 0. The molecule has 0 aromatic carbocycles. The van der Waals surface area contributed by atoms with Crippen LogP contribution in [0.5, 0.6) is 0 Å². The van der Waals surface area contributed by atoms with Gasteiger partial charge in [0.2, 0.25) is 6.29 Å². The van der Waals surface area contributed by atoms with Gasteiger partial charge in [-0.2, -0.15) is 0 Å². The molecule has 0 aliphatic heterocycles. The summed E-state index contributed by atoms with van der Waals surface area (Å²) in [6.07, 6.45) is 1.37. The van der Waals surface area contributed by atoms with E-state index in [1.807, 2.05) is 0 Å². The molecule has 0 rings (SSSR count). The van der Waals surface area contributed by atoms with Crippen molar-refractivity contribution >= 4 is 12.8 Å². The third-order valence-electron chi connectivity index (χ3n) is 0.210. The Balaban J connectivity index is 2.66. The summed E-state index contributed by atoms with van der Waals surface area (Å²) >= 11 is 0. The first kappa shape index (κ1) is 5.14. The van der Waals surface area contributed by atoms with Gasteiger partial charge in [0.15, 0.2) is 6.61 Å². The van der Waals surface area contributed by atoms with Crippen LogP contribution in [0.4, 0.5) is 0 Å². The van der Waals surface area contributed by atoms with E-state index in [9.17, 15) is 0 Å². The Kier molecular flexibility index (Phi) is 3.55. The normalized spacial score (nSPS) is 6.67. The number of rotatable bonds is 3. The van der Waals surface area contributed by atoms with Gasteiger partial charge in [-0.1, -0.05) is 0 Å². The average Bonchev–Trinajstić information content (AvgIpc) is 1.61. The first-order valence-electron chi connectivity index (χ1n) is 1.32. The van der Waals surface area contributed by atoms with E-state index < -0.39 is 0 Å². The third kappa shape index (κ3) is 3.14. The van der Waals surface area contributed by atoms with Gasteiger partial charge < -0.3 is 4.74 Å². The second-order valence-electron chi connectivity index (χ2n) is 0.552. The van der Waals surface area contributed by atoms with Crippen molar-refractivity contribution in [2.45, 2.75) is 0 Å². The summed E-state index contributed by atoms with van der Waals surface area (Å²) in [6, 6.07) is 0. The van der Waals surface area contributed by atoms with Crippen molar-refractivity contribution in [2.24, 2.45) is 0 Å². The SMILES string of the molecule is O=[C]COC=O. The lowest BCUT2D eigenvalue weighted by atomic mass is 10.8. The van der Waals surface area contributed by atoms with E-state index in [1.165, 1.54) is 6.29 Å². The molecule has 0 aliphatic rings. The van der Waals surface area contributed by atoms with Crippen LogP contribution in [-0.2, 0) is 14.3 Å². The molecule has 0 saturated carbocycles. The minimum atomic E-state index is -0.260.